The highest BCUT2D eigenvalue weighted by Gasteiger charge is 2.16. The Hall–Kier alpha value is -3.60. The highest BCUT2D eigenvalue weighted by Crippen LogP contribution is 2.32. The van der Waals surface area contributed by atoms with Gasteiger partial charge in [0, 0.05) is 11.9 Å². The summed E-state index contributed by atoms with van der Waals surface area (Å²) in [6, 6.07) is 20.5. The number of benzene rings is 3. The van der Waals surface area contributed by atoms with Gasteiger partial charge in [-0.1, -0.05) is 29.8 Å². The summed E-state index contributed by atoms with van der Waals surface area (Å²) < 4.78 is 13.1. The molecule has 0 N–H and O–H groups in total. The lowest BCUT2D eigenvalue weighted by Gasteiger charge is -2.11. The summed E-state index contributed by atoms with van der Waals surface area (Å²) in [4.78, 5) is 9.90. The second-order valence-electron chi connectivity index (χ2n) is 7.18. The Balaban J connectivity index is 1.76. The van der Waals surface area contributed by atoms with Crippen molar-refractivity contribution in [1.82, 2.24) is 14.5 Å². The Morgan fingerprint density at radius 2 is 1.59 bits per heavy atom. The van der Waals surface area contributed by atoms with E-state index in [1.54, 1.807) is 14.2 Å². The van der Waals surface area contributed by atoms with Crippen LogP contribution in [0.15, 0.2) is 60.7 Å². The van der Waals surface area contributed by atoms with Crippen molar-refractivity contribution >= 4 is 33.1 Å². The highest BCUT2D eigenvalue weighted by atomic mass is 16.5. The van der Waals surface area contributed by atoms with Crippen LogP contribution in [0.5, 0.6) is 11.5 Å². The molecule has 0 spiro atoms. The van der Waals surface area contributed by atoms with Gasteiger partial charge in [-0.3, -0.25) is 0 Å². The number of nitrogens with zero attached hydrogens (tertiary/aromatic N) is 3. The molecule has 0 radical (unpaired) electrons. The Labute approximate surface area is 168 Å². The molecule has 5 heteroatoms. The molecule has 0 aliphatic rings. The number of aromatic nitrogens is 3. The molecular weight excluding hydrogens is 362 g/mol. The van der Waals surface area contributed by atoms with Gasteiger partial charge in [0.25, 0.3) is 0 Å². The minimum absolute atomic E-state index is 0.663. The van der Waals surface area contributed by atoms with Gasteiger partial charge in [-0.05, 0) is 48.9 Å². The third-order valence-electron chi connectivity index (χ3n) is 5.29. The van der Waals surface area contributed by atoms with Gasteiger partial charge in [-0.25, -0.2) is 9.97 Å². The molecule has 2 aromatic heterocycles. The summed E-state index contributed by atoms with van der Waals surface area (Å²) in [6.07, 6.45) is 0. The monoisotopic (exact) mass is 383 g/mol. The van der Waals surface area contributed by atoms with Gasteiger partial charge >= 0.3 is 0 Å². The summed E-state index contributed by atoms with van der Waals surface area (Å²) in [5, 5.41) is 1.12. The minimum Gasteiger partial charge on any atom is -0.493 e. The zero-order chi connectivity index (χ0) is 20.0. The van der Waals surface area contributed by atoms with Crippen LogP contribution in [-0.4, -0.2) is 28.8 Å². The number of hydrogen-bond acceptors (Lipinski definition) is 4. The standard InChI is InChI=1S/C24H21N3O2/c1-15-8-10-20-17(12-15)23-24(26-19-7-5-4-6-18(19)25-23)27(20)14-16-9-11-21(28-2)22(13-16)29-3/h4-13H,14H2,1-3H3. The fourth-order valence-corrected chi connectivity index (χ4v) is 3.87. The molecule has 5 rings (SSSR count). The molecule has 2 heterocycles. The predicted molar refractivity (Wildman–Crippen MR) is 116 cm³/mol. The summed E-state index contributed by atoms with van der Waals surface area (Å²) in [7, 11) is 3.30. The van der Waals surface area contributed by atoms with Gasteiger partial charge in [0.2, 0.25) is 0 Å². The fraction of sp³-hybridized carbons (Fsp3) is 0.167. The van der Waals surface area contributed by atoms with E-state index in [-0.39, 0.29) is 0 Å². The van der Waals surface area contributed by atoms with Crippen LogP contribution >= 0.6 is 0 Å². The first-order valence-corrected chi connectivity index (χ1v) is 9.54. The van der Waals surface area contributed by atoms with E-state index in [4.69, 9.17) is 19.4 Å². The Morgan fingerprint density at radius 3 is 2.34 bits per heavy atom. The number of ether oxygens (including phenoxy) is 2. The summed E-state index contributed by atoms with van der Waals surface area (Å²) >= 11 is 0. The molecule has 0 amide bonds. The molecule has 144 valence electrons. The summed E-state index contributed by atoms with van der Waals surface area (Å²) in [6.45, 7) is 2.77. The van der Waals surface area contributed by atoms with Crippen molar-refractivity contribution in [2.24, 2.45) is 0 Å². The number of para-hydroxylation sites is 2. The van der Waals surface area contributed by atoms with E-state index in [2.05, 4.69) is 35.8 Å². The van der Waals surface area contributed by atoms with Crippen LogP contribution in [0.25, 0.3) is 33.1 Å². The number of aryl methyl sites for hydroxylation is 1. The van der Waals surface area contributed by atoms with E-state index < -0.39 is 0 Å². The molecule has 29 heavy (non-hydrogen) atoms. The first-order valence-electron chi connectivity index (χ1n) is 9.54. The van der Waals surface area contributed by atoms with Crippen molar-refractivity contribution in [3.8, 4) is 11.5 Å². The minimum atomic E-state index is 0.663. The smallest absolute Gasteiger partial charge is 0.161 e. The van der Waals surface area contributed by atoms with Gasteiger partial charge in [0.1, 0.15) is 5.52 Å². The molecule has 5 aromatic rings. The second kappa shape index (κ2) is 6.78. The van der Waals surface area contributed by atoms with E-state index in [1.807, 2.05) is 36.4 Å². The number of fused-ring (bicyclic) bond motifs is 4. The first-order chi connectivity index (χ1) is 14.2. The van der Waals surface area contributed by atoms with E-state index >= 15 is 0 Å². The number of rotatable bonds is 4. The molecular formula is C24H21N3O2. The van der Waals surface area contributed by atoms with Crippen LogP contribution in [0, 0.1) is 6.92 Å². The Kier molecular flexibility index (Phi) is 4.09. The van der Waals surface area contributed by atoms with E-state index in [0.29, 0.717) is 6.54 Å². The maximum atomic E-state index is 5.48. The van der Waals surface area contributed by atoms with Gasteiger partial charge in [-0.2, -0.15) is 0 Å². The number of hydrogen-bond donors (Lipinski definition) is 0. The van der Waals surface area contributed by atoms with E-state index in [1.165, 1.54) is 5.56 Å². The van der Waals surface area contributed by atoms with Gasteiger partial charge in [0.15, 0.2) is 17.1 Å². The van der Waals surface area contributed by atoms with Gasteiger partial charge in [-0.15, -0.1) is 0 Å². The normalized spacial score (nSPS) is 11.4. The third-order valence-corrected chi connectivity index (χ3v) is 5.29. The maximum Gasteiger partial charge on any atom is 0.161 e. The summed E-state index contributed by atoms with van der Waals surface area (Å²) in [5.41, 5.74) is 7.06. The van der Waals surface area contributed by atoms with Gasteiger partial charge < -0.3 is 14.0 Å². The largest absolute Gasteiger partial charge is 0.493 e. The molecule has 0 aliphatic heterocycles. The van der Waals surface area contributed by atoms with Crippen molar-refractivity contribution in [3.63, 3.8) is 0 Å². The molecule has 0 atom stereocenters. The Morgan fingerprint density at radius 1 is 0.828 bits per heavy atom. The zero-order valence-corrected chi connectivity index (χ0v) is 16.6. The molecule has 0 saturated heterocycles. The average molecular weight is 383 g/mol. The van der Waals surface area contributed by atoms with Gasteiger partial charge in [0.05, 0.1) is 30.8 Å². The topological polar surface area (TPSA) is 49.2 Å². The van der Waals surface area contributed by atoms with Crippen molar-refractivity contribution < 1.29 is 9.47 Å². The average Bonchev–Trinajstić information content (AvgIpc) is 3.04. The fourth-order valence-electron chi connectivity index (χ4n) is 3.87. The molecule has 0 saturated carbocycles. The van der Waals surface area contributed by atoms with Crippen molar-refractivity contribution in [3.05, 3.63) is 71.8 Å². The quantitative estimate of drug-likeness (QED) is 0.433. The van der Waals surface area contributed by atoms with Crippen LogP contribution in [0.2, 0.25) is 0 Å². The number of methoxy groups -OCH3 is 2. The lowest BCUT2D eigenvalue weighted by Crippen LogP contribution is -2.02. The summed E-state index contributed by atoms with van der Waals surface area (Å²) in [5.74, 6) is 1.44. The van der Waals surface area contributed by atoms with Crippen LogP contribution in [0.3, 0.4) is 0 Å². The Bertz CT molecular complexity index is 1370. The van der Waals surface area contributed by atoms with Crippen molar-refractivity contribution in [1.29, 1.82) is 0 Å². The molecule has 5 nitrogen and oxygen atoms in total. The van der Waals surface area contributed by atoms with Crippen LogP contribution in [-0.2, 0) is 6.54 Å². The maximum absolute atomic E-state index is 5.48. The molecule has 0 bridgehead atoms. The lowest BCUT2D eigenvalue weighted by atomic mass is 10.1. The van der Waals surface area contributed by atoms with Crippen molar-refractivity contribution in [2.75, 3.05) is 14.2 Å². The first kappa shape index (κ1) is 17.5. The predicted octanol–water partition coefficient (Wildman–Crippen LogP) is 5.11. The lowest BCUT2D eigenvalue weighted by molar-refractivity contribution is 0.354. The molecule has 0 aliphatic carbocycles. The van der Waals surface area contributed by atoms with Crippen LogP contribution in [0.4, 0.5) is 0 Å². The molecule has 0 fully saturated rings. The van der Waals surface area contributed by atoms with E-state index in [0.717, 1.165) is 50.2 Å². The third kappa shape index (κ3) is 2.86. The van der Waals surface area contributed by atoms with Crippen LogP contribution < -0.4 is 9.47 Å². The zero-order valence-electron chi connectivity index (χ0n) is 16.6. The van der Waals surface area contributed by atoms with E-state index in [9.17, 15) is 0 Å². The molecule has 3 aromatic carbocycles. The van der Waals surface area contributed by atoms with Crippen LogP contribution in [0.1, 0.15) is 11.1 Å². The highest BCUT2D eigenvalue weighted by molar-refractivity contribution is 6.06. The molecule has 0 unspecified atom stereocenters. The second-order valence-corrected chi connectivity index (χ2v) is 7.18. The SMILES string of the molecule is COc1ccc(Cn2c3ccc(C)cc3c3nc4ccccc4nc32)cc1OC. The van der Waals surface area contributed by atoms with Crippen molar-refractivity contribution in [2.45, 2.75) is 13.5 Å².